The molecule has 0 unspecified atom stereocenters. The molecule has 1 aromatic rings. The van der Waals surface area contributed by atoms with Gasteiger partial charge < -0.3 is 15.4 Å². The van der Waals surface area contributed by atoms with Crippen LogP contribution in [0, 0.1) is 5.92 Å². The third-order valence-electron chi connectivity index (χ3n) is 3.57. The van der Waals surface area contributed by atoms with Crippen LogP contribution < -0.4 is 5.73 Å². The van der Waals surface area contributed by atoms with Gasteiger partial charge in [-0.25, -0.2) is 4.79 Å². The summed E-state index contributed by atoms with van der Waals surface area (Å²) in [6.45, 7) is 3.30. The van der Waals surface area contributed by atoms with Crippen LogP contribution in [0.5, 0.6) is 0 Å². The lowest BCUT2D eigenvalue weighted by atomic mass is 10.0. The van der Waals surface area contributed by atoms with Gasteiger partial charge >= 0.3 is 5.97 Å². The van der Waals surface area contributed by atoms with Crippen molar-refractivity contribution in [1.29, 1.82) is 0 Å². The van der Waals surface area contributed by atoms with Gasteiger partial charge in [0.05, 0.1) is 5.56 Å². The third-order valence-corrected chi connectivity index (χ3v) is 3.81. The van der Waals surface area contributed by atoms with Crippen molar-refractivity contribution in [2.75, 3.05) is 25.4 Å². The molecule has 114 valence electrons. The van der Waals surface area contributed by atoms with Gasteiger partial charge in [0.25, 0.3) is 5.91 Å². The molecular formula is C15H19ClN2O3. The van der Waals surface area contributed by atoms with E-state index in [0.717, 1.165) is 25.9 Å². The fourth-order valence-electron chi connectivity index (χ4n) is 2.43. The molecule has 1 aliphatic rings. The summed E-state index contributed by atoms with van der Waals surface area (Å²) in [4.78, 5) is 25.7. The predicted octanol–water partition coefficient (Wildman–Crippen LogP) is 2.34. The minimum Gasteiger partial charge on any atom is -0.452 e. The molecule has 2 N–H and O–H groups in total. The molecule has 5 nitrogen and oxygen atoms in total. The Bertz CT molecular complexity index is 548. The second kappa shape index (κ2) is 6.80. The van der Waals surface area contributed by atoms with Crippen LogP contribution in [0.4, 0.5) is 5.69 Å². The molecule has 6 heteroatoms. The molecule has 21 heavy (non-hydrogen) atoms. The topological polar surface area (TPSA) is 72.6 Å². The number of nitrogens with zero attached hydrogens (tertiary/aromatic N) is 1. The number of ether oxygens (including phenoxy) is 1. The lowest BCUT2D eigenvalue weighted by Crippen LogP contribution is -2.41. The van der Waals surface area contributed by atoms with Crippen molar-refractivity contribution in [2.45, 2.75) is 19.8 Å². The Balaban J connectivity index is 1.90. The SMILES string of the molecule is C[C@@H]1CCCN(C(=O)COC(=O)c2ccc(Cl)cc2N)C1. The van der Waals surface area contributed by atoms with Gasteiger partial charge in [0.1, 0.15) is 0 Å². The number of hydrogen-bond acceptors (Lipinski definition) is 4. The number of halogens is 1. The number of amides is 1. The number of rotatable bonds is 3. The van der Waals surface area contributed by atoms with Crippen LogP contribution in [-0.4, -0.2) is 36.5 Å². The van der Waals surface area contributed by atoms with Gasteiger partial charge in [0.15, 0.2) is 6.61 Å². The monoisotopic (exact) mass is 310 g/mol. The van der Waals surface area contributed by atoms with Gasteiger partial charge in [-0.05, 0) is 37.0 Å². The first-order valence-corrected chi connectivity index (χ1v) is 7.35. The highest BCUT2D eigenvalue weighted by atomic mass is 35.5. The molecule has 0 aromatic heterocycles. The van der Waals surface area contributed by atoms with Gasteiger partial charge in [-0.2, -0.15) is 0 Å². The molecule has 2 rings (SSSR count). The number of esters is 1. The summed E-state index contributed by atoms with van der Waals surface area (Å²) in [5, 5.41) is 0.447. The summed E-state index contributed by atoms with van der Waals surface area (Å²) < 4.78 is 5.05. The maximum atomic E-state index is 12.0. The van der Waals surface area contributed by atoms with Crippen molar-refractivity contribution in [3.05, 3.63) is 28.8 Å². The van der Waals surface area contributed by atoms with E-state index in [0.29, 0.717) is 10.9 Å². The van der Waals surface area contributed by atoms with Crippen LogP contribution in [0.3, 0.4) is 0 Å². The minimum atomic E-state index is -0.609. The molecule has 1 amide bonds. The third kappa shape index (κ3) is 4.11. The maximum Gasteiger partial charge on any atom is 0.340 e. The Kier molecular flexibility index (Phi) is 5.07. The van der Waals surface area contributed by atoms with Gasteiger partial charge in [0.2, 0.25) is 0 Å². The molecule has 0 saturated carbocycles. The quantitative estimate of drug-likeness (QED) is 0.687. The number of hydrogen-bond donors (Lipinski definition) is 1. The smallest absolute Gasteiger partial charge is 0.340 e. The Morgan fingerprint density at radius 1 is 1.48 bits per heavy atom. The zero-order valence-electron chi connectivity index (χ0n) is 12.0. The molecule has 1 fully saturated rings. The normalized spacial score (nSPS) is 18.4. The van der Waals surface area contributed by atoms with Crippen molar-refractivity contribution in [3.63, 3.8) is 0 Å². The number of benzene rings is 1. The fraction of sp³-hybridized carbons (Fsp3) is 0.467. The van der Waals surface area contributed by atoms with E-state index in [4.69, 9.17) is 22.1 Å². The minimum absolute atomic E-state index is 0.164. The first kappa shape index (κ1) is 15.6. The van der Waals surface area contributed by atoms with Crippen LogP contribution in [0.1, 0.15) is 30.1 Å². The van der Waals surface area contributed by atoms with Gasteiger partial charge in [0, 0.05) is 23.8 Å². The van der Waals surface area contributed by atoms with Crippen LogP contribution in [0.2, 0.25) is 5.02 Å². The second-order valence-electron chi connectivity index (χ2n) is 5.39. The van der Waals surface area contributed by atoms with Gasteiger partial charge in [-0.15, -0.1) is 0 Å². The predicted molar refractivity (Wildman–Crippen MR) is 81.1 cm³/mol. The molecular weight excluding hydrogens is 292 g/mol. The number of carbonyl (C=O) groups is 2. The summed E-state index contributed by atoms with van der Waals surface area (Å²) in [7, 11) is 0. The average Bonchev–Trinajstić information content (AvgIpc) is 2.44. The van der Waals surface area contributed by atoms with Crippen molar-refractivity contribution in [2.24, 2.45) is 5.92 Å². The second-order valence-corrected chi connectivity index (χ2v) is 5.83. The van der Waals surface area contributed by atoms with E-state index < -0.39 is 5.97 Å². The van der Waals surface area contributed by atoms with E-state index in [-0.39, 0.29) is 23.8 Å². The summed E-state index contributed by atoms with van der Waals surface area (Å²) in [5.41, 5.74) is 6.17. The van der Waals surface area contributed by atoms with E-state index in [1.807, 2.05) is 0 Å². The largest absolute Gasteiger partial charge is 0.452 e. The van der Waals surface area contributed by atoms with Gasteiger partial charge in [-0.3, -0.25) is 4.79 Å². The maximum absolute atomic E-state index is 12.0. The number of nitrogen functional groups attached to an aromatic ring is 1. The summed E-state index contributed by atoms with van der Waals surface area (Å²) in [5.74, 6) is -0.282. The molecule has 1 saturated heterocycles. The Labute approximate surface area is 129 Å². The number of piperidine rings is 1. The zero-order chi connectivity index (χ0) is 15.4. The number of nitrogens with two attached hydrogens (primary N) is 1. The summed E-state index contributed by atoms with van der Waals surface area (Å²) in [6, 6.07) is 4.53. The van der Waals surface area contributed by atoms with E-state index in [1.54, 1.807) is 11.0 Å². The van der Waals surface area contributed by atoms with Gasteiger partial charge in [-0.1, -0.05) is 18.5 Å². The highest BCUT2D eigenvalue weighted by molar-refractivity contribution is 6.31. The van der Waals surface area contributed by atoms with Crippen molar-refractivity contribution >= 4 is 29.2 Å². The molecule has 0 bridgehead atoms. The van der Waals surface area contributed by atoms with Crippen LogP contribution in [0.25, 0.3) is 0 Å². The van der Waals surface area contributed by atoms with Crippen LogP contribution >= 0.6 is 11.6 Å². The number of anilines is 1. The average molecular weight is 311 g/mol. The number of carbonyl (C=O) groups excluding carboxylic acids is 2. The summed E-state index contributed by atoms with van der Waals surface area (Å²) >= 11 is 5.77. The molecule has 0 spiro atoms. The Morgan fingerprint density at radius 2 is 2.24 bits per heavy atom. The highest BCUT2D eigenvalue weighted by Crippen LogP contribution is 2.19. The molecule has 1 aliphatic heterocycles. The molecule has 0 radical (unpaired) electrons. The molecule has 1 atom stereocenters. The lowest BCUT2D eigenvalue weighted by molar-refractivity contribution is -0.136. The zero-order valence-corrected chi connectivity index (χ0v) is 12.7. The molecule has 0 aliphatic carbocycles. The van der Waals surface area contributed by atoms with Crippen molar-refractivity contribution in [1.82, 2.24) is 4.90 Å². The Hall–Kier alpha value is -1.75. The first-order valence-electron chi connectivity index (χ1n) is 6.97. The highest BCUT2D eigenvalue weighted by Gasteiger charge is 2.22. The first-order chi connectivity index (χ1) is 9.97. The molecule has 1 aromatic carbocycles. The lowest BCUT2D eigenvalue weighted by Gasteiger charge is -2.30. The van der Waals surface area contributed by atoms with E-state index in [2.05, 4.69) is 6.92 Å². The van der Waals surface area contributed by atoms with Crippen LogP contribution in [-0.2, 0) is 9.53 Å². The van der Waals surface area contributed by atoms with Crippen molar-refractivity contribution < 1.29 is 14.3 Å². The number of likely N-dealkylation sites (tertiary alicyclic amines) is 1. The van der Waals surface area contributed by atoms with E-state index >= 15 is 0 Å². The van der Waals surface area contributed by atoms with Crippen molar-refractivity contribution in [3.8, 4) is 0 Å². The molecule has 1 heterocycles. The summed E-state index contributed by atoms with van der Waals surface area (Å²) in [6.07, 6.45) is 2.12. The standard InChI is InChI=1S/C15H19ClN2O3/c1-10-3-2-6-18(8-10)14(19)9-21-15(20)12-5-4-11(16)7-13(12)17/h4-5,7,10H,2-3,6,8-9,17H2,1H3/t10-/m1/s1. The van der Waals surface area contributed by atoms with Crippen LogP contribution in [0.15, 0.2) is 18.2 Å². The van der Waals surface area contributed by atoms with E-state index in [1.165, 1.54) is 12.1 Å². The fourth-order valence-corrected chi connectivity index (χ4v) is 2.61. The Morgan fingerprint density at radius 3 is 2.90 bits per heavy atom. The van der Waals surface area contributed by atoms with E-state index in [9.17, 15) is 9.59 Å².